The number of nitrogens with two attached hydrogens (primary N) is 1. The summed E-state index contributed by atoms with van der Waals surface area (Å²) in [6.45, 7) is 11.2. The SMILES string of the molecule is CCCN1C2=C(C(=O)CC(C)(C)C2)C(c2cc(I)c(OCC(N)=O)c(OC)c2)C2=C1CC(C)(C)CC2=O. The third kappa shape index (κ3) is 5.31. The topological polar surface area (TPSA) is 98.9 Å². The number of Topliss-reactive ketones (excluding diaryl/α,β-unsaturated/α-hetero) is 2. The minimum absolute atomic E-state index is 0.101. The van der Waals surface area contributed by atoms with Gasteiger partial charge in [0, 0.05) is 47.8 Å². The first kappa shape index (κ1) is 27.7. The van der Waals surface area contributed by atoms with Crippen LogP contribution in [0.15, 0.2) is 34.7 Å². The first-order chi connectivity index (χ1) is 17.3. The second-order valence-corrected chi connectivity index (χ2v) is 13.1. The number of nitrogens with zero attached hydrogens (tertiary/aromatic N) is 1. The second kappa shape index (κ2) is 10.1. The monoisotopic (exact) mass is 620 g/mol. The lowest BCUT2D eigenvalue weighted by atomic mass is 9.63. The number of methoxy groups -OCH3 is 1. The van der Waals surface area contributed by atoms with Gasteiger partial charge in [-0.15, -0.1) is 0 Å². The van der Waals surface area contributed by atoms with Crippen LogP contribution in [0.25, 0.3) is 0 Å². The Morgan fingerprint density at radius 2 is 1.57 bits per heavy atom. The normalized spacial score (nSPS) is 21.1. The predicted molar refractivity (Wildman–Crippen MR) is 150 cm³/mol. The highest BCUT2D eigenvalue weighted by Gasteiger charge is 2.49. The molecule has 0 bridgehead atoms. The minimum Gasteiger partial charge on any atom is -0.493 e. The van der Waals surface area contributed by atoms with Gasteiger partial charge in [0.25, 0.3) is 5.91 Å². The Morgan fingerprint density at radius 1 is 1.03 bits per heavy atom. The van der Waals surface area contributed by atoms with Gasteiger partial charge >= 0.3 is 0 Å². The van der Waals surface area contributed by atoms with Crippen LogP contribution in [0, 0.1) is 14.4 Å². The Kier molecular flexibility index (Phi) is 7.53. The van der Waals surface area contributed by atoms with E-state index in [2.05, 4.69) is 62.1 Å². The number of allylic oxidation sites excluding steroid dienone is 4. The number of amides is 1. The predicted octanol–water partition coefficient (Wildman–Crippen LogP) is 5.26. The molecule has 1 aromatic rings. The summed E-state index contributed by atoms with van der Waals surface area (Å²) in [7, 11) is 1.54. The van der Waals surface area contributed by atoms with E-state index < -0.39 is 11.8 Å². The molecule has 7 nitrogen and oxygen atoms in total. The van der Waals surface area contributed by atoms with E-state index in [9.17, 15) is 14.4 Å². The van der Waals surface area contributed by atoms with E-state index in [1.807, 2.05) is 12.1 Å². The van der Waals surface area contributed by atoms with Crippen molar-refractivity contribution in [1.29, 1.82) is 0 Å². The highest BCUT2D eigenvalue weighted by molar-refractivity contribution is 14.1. The Hall–Kier alpha value is -2.36. The first-order valence-corrected chi connectivity index (χ1v) is 13.9. The number of carbonyl (C=O) groups excluding carboxylic acids is 3. The quantitative estimate of drug-likeness (QED) is 0.418. The molecule has 1 aliphatic heterocycles. The molecule has 4 rings (SSSR count). The summed E-state index contributed by atoms with van der Waals surface area (Å²) in [6, 6.07) is 3.78. The van der Waals surface area contributed by atoms with Gasteiger partial charge in [0.15, 0.2) is 29.7 Å². The molecule has 0 radical (unpaired) electrons. The Bertz CT molecular complexity index is 1170. The standard InChI is InChI=1S/C29H37IN2O5/c1-7-8-32-18-11-28(2,3)13-20(33)25(18)24(26-19(32)12-29(4,5)14-21(26)34)16-9-17(30)27(22(10-16)36-6)37-15-23(31)35/h9-10,24H,7-8,11-15H2,1-6H3,(H2,31,35). The van der Waals surface area contributed by atoms with Crippen LogP contribution in [0.3, 0.4) is 0 Å². The molecule has 1 amide bonds. The van der Waals surface area contributed by atoms with Crippen LogP contribution >= 0.6 is 22.6 Å². The third-order valence-electron chi connectivity index (χ3n) is 7.41. The second-order valence-electron chi connectivity index (χ2n) is 12.0. The number of hydrogen-bond donors (Lipinski definition) is 1. The van der Waals surface area contributed by atoms with Crippen LogP contribution in [0.5, 0.6) is 11.5 Å². The number of benzene rings is 1. The van der Waals surface area contributed by atoms with Gasteiger partial charge in [-0.05, 0) is 70.4 Å². The number of hydrogen-bond acceptors (Lipinski definition) is 6. The molecule has 0 unspecified atom stereocenters. The Morgan fingerprint density at radius 3 is 2.03 bits per heavy atom. The lowest BCUT2D eigenvalue weighted by molar-refractivity contribution is -0.121. The van der Waals surface area contributed by atoms with Crippen molar-refractivity contribution in [3.05, 3.63) is 43.8 Å². The zero-order valence-corrected chi connectivity index (χ0v) is 24.8. The van der Waals surface area contributed by atoms with Crippen LogP contribution in [-0.4, -0.2) is 42.6 Å². The lowest BCUT2D eigenvalue weighted by Gasteiger charge is -2.49. The zero-order chi connectivity index (χ0) is 27.3. The van der Waals surface area contributed by atoms with Gasteiger partial charge in [0.1, 0.15) is 0 Å². The number of primary amides is 1. The van der Waals surface area contributed by atoms with E-state index in [-0.39, 0.29) is 29.0 Å². The van der Waals surface area contributed by atoms with Crippen molar-refractivity contribution in [3.63, 3.8) is 0 Å². The van der Waals surface area contributed by atoms with Crippen molar-refractivity contribution in [2.45, 2.75) is 72.6 Å². The molecule has 0 fully saturated rings. The molecule has 200 valence electrons. The number of halogens is 1. The van der Waals surface area contributed by atoms with Crippen molar-refractivity contribution in [2.24, 2.45) is 16.6 Å². The Balaban J connectivity index is 1.97. The average molecular weight is 621 g/mol. The van der Waals surface area contributed by atoms with Crippen molar-refractivity contribution in [1.82, 2.24) is 4.90 Å². The molecule has 2 N–H and O–H groups in total. The minimum atomic E-state index is -0.583. The van der Waals surface area contributed by atoms with Gasteiger partial charge in [-0.2, -0.15) is 0 Å². The third-order valence-corrected chi connectivity index (χ3v) is 8.21. The Labute approximate surface area is 233 Å². The highest BCUT2D eigenvalue weighted by Crippen LogP contribution is 2.55. The van der Waals surface area contributed by atoms with E-state index in [0.29, 0.717) is 24.3 Å². The number of ketones is 2. The maximum Gasteiger partial charge on any atom is 0.255 e. The molecule has 0 saturated carbocycles. The fourth-order valence-electron chi connectivity index (χ4n) is 6.06. The molecule has 0 atom stereocenters. The van der Waals surface area contributed by atoms with Crippen LogP contribution in [0.1, 0.15) is 78.2 Å². The molecule has 37 heavy (non-hydrogen) atoms. The summed E-state index contributed by atoms with van der Waals surface area (Å²) in [6.07, 6.45) is 3.37. The summed E-state index contributed by atoms with van der Waals surface area (Å²) >= 11 is 2.14. The smallest absolute Gasteiger partial charge is 0.255 e. The highest BCUT2D eigenvalue weighted by atomic mass is 127. The summed E-state index contributed by atoms with van der Waals surface area (Å²) in [5.41, 5.74) is 9.39. The van der Waals surface area contributed by atoms with Gasteiger partial charge in [0.2, 0.25) is 0 Å². The molecule has 2 aliphatic carbocycles. The van der Waals surface area contributed by atoms with Crippen molar-refractivity contribution >= 4 is 40.1 Å². The maximum absolute atomic E-state index is 13.8. The molecule has 1 aromatic carbocycles. The summed E-state index contributed by atoms with van der Waals surface area (Å²) < 4.78 is 12.0. The van der Waals surface area contributed by atoms with Crippen molar-refractivity contribution < 1.29 is 23.9 Å². The first-order valence-electron chi connectivity index (χ1n) is 12.9. The van der Waals surface area contributed by atoms with E-state index in [1.165, 1.54) is 7.11 Å². The molecule has 0 aromatic heterocycles. The fourth-order valence-corrected chi connectivity index (χ4v) is 6.85. The van der Waals surface area contributed by atoms with Crippen LogP contribution in [0.2, 0.25) is 0 Å². The van der Waals surface area contributed by atoms with Crippen LogP contribution in [-0.2, 0) is 14.4 Å². The number of rotatable bonds is 7. The van der Waals surface area contributed by atoms with Crippen LogP contribution in [0.4, 0.5) is 0 Å². The largest absolute Gasteiger partial charge is 0.493 e. The van der Waals surface area contributed by atoms with Gasteiger partial charge in [-0.25, -0.2) is 0 Å². The summed E-state index contributed by atoms with van der Waals surface area (Å²) in [4.78, 5) is 41.3. The summed E-state index contributed by atoms with van der Waals surface area (Å²) in [5, 5.41) is 0. The van der Waals surface area contributed by atoms with Gasteiger partial charge < -0.3 is 20.1 Å². The molecule has 0 saturated heterocycles. The molecular weight excluding hydrogens is 583 g/mol. The maximum atomic E-state index is 13.8. The molecule has 3 aliphatic rings. The number of ether oxygens (including phenoxy) is 2. The molecular formula is C29H37IN2O5. The van der Waals surface area contributed by atoms with Gasteiger partial charge in [0.05, 0.1) is 10.7 Å². The molecule has 1 heterocycles. The van der Waals surface area contributed by atoms with Crippen molar-refractivity contribution in [2.75, 3.05) is 20.3 Å². The number of carbonyl (C=O) groups is 3. The summed E-state index contributed by atoms with van der Waals surface area (Å²) in [5.74, 6) is 0.0213. The van der Waals surface area contributed by atoms with Gasteiger partial charge in [-0.1, -0.05) is 34.6 Å². The van der Waals surface area contributed by atoms with Gasteiger partial charge in [-0.3, -0.25) is 14.4 Å². The lowest BCUT2D eigenvalue weighted by Crippen LogP contribution is -2.44. The van der Waals surface area contributed by atoms with Crippen molar-refractivity contribution in [3.8, 4) is 11.5 Å². The molecule has 8 heteroatoms. The van der Waals surface area contributed by atoms with E-state index >= 15 is 0 Å². The average Bonchev–Trinajstić information content (AvgIpc) is 2.77. The fraction of sp³-hybridized carbons (Fsp3) is 0.552. The zero-order valence-electron chi connectivity index (χ0n) is 22.6. The van der Waals surface area contributed by atoms with E-state index in [4.69, 9.17) is 15.2 Å². The van der Waals surface area contributed by atoms with Crippen LogP contribution < -0.4 is 15.2 Å². The molecule has 0 spiro atoms. The van der Waals surface area contributed by atoms with E-state index in [0.717, 1.165) is 57.5 Å². The van der Waals surface area contributed by atoms with E-state index in [1.54, 1.807) is 0 Å².